The standard InChI is InChI=1S/C25H23N3O7/c1-35-19-10-6-14(7-11-19)20(29)13-26(23(30)15-4-8-18(9-5-15)28(33)34)27-24(31)21-16-2-3-17(12-16)22(21)25(27)32/h4-11,16-17,21-22H,2-3,12-13H2,1H3/t16-,17-,21-,22-/m0/s1. The van der Waals surface area contributed by atoms with Gasteiger partial charge in [-0.2, -0.15) is 5.01 Å². The molecule has 3 fully saturated rings. The van der Waals surface area contributed by atoms with Gasteiger partial charge in [0.15, 0.2) is 5.78 Å². The molecule has 10 nitrogen and oxygen atoms in total. The molecule has 3 amide bonds. The van der Waals surface area contributed by atoms with E-state index in [-0.39, 0.29) is 28.7 Å². The van der Waals surface area contributed by atoms with Crippen molar-refractivity contribution < 1.29 is 28.8 Å². The lowest BCUT2D eigenvalue weighted by atomic mass is 9.81. The fourth-order valence-electron chi connectivity index (χ4n) is 5.74. The number of ketones is 1. The molecular weight excluding hydrogens is 454 g/mol. The van der Waals surface area contributed by atoms with Crippen LogP contribution in [0.3, 0.4) is 0 Å². The normalized spacial score (nSPS) is 24.4. The van der Waals surface area contributed by atoms with Crippen LogP contribution in [0.2, 0.25) is 0 Å². The Morgan fingerprint density at radius 1 is 0.971 bits per heavy atom. The second-order valence-corrected chi connectivity index (χ2v) is 9.19. The Kier molecular flexibility index (Phi) is 5.58. The van der Waals surface area contributed by atoms with Crippen molar-refractivity contribution in [2.75, 3.05) is 13.7 Å². The number of nitro benzene ring substituents is 1. The molecule has 1 aliphatic heterocycles. The lowest BCUT2D eigenvalue weighted by molar-refractivity contribution is -0.384. The number of Topliss-reactive ketones (excluding diaryl/α,β-unsaturated/α-hetero) is 1. The molecule has 2 saturated carbocycles. The van der Waals surface area contributed by atoms with Crippen molar-refractivity contribution in [1.82, 2.24) is 10.0 Å². The summed E-state index contributed by atoms with van der Waals surface area (Å²) in [6.45, 7) is -0.533. The lowest BCUT2D eigenvalue weighted by Gasteiger charge is -2.30. The van der Waals surface area contributed by atoms with Crippen molar-refractivity contribution in [3.63, 3.8) is 0 Å². The minimum atomic E-state index is -0.754. The fraction of sp³-hybridized carbons (Fsp3) is 0.360. The Morgan fingerprint density at radius 2 is 1.51 bits per heavy atom. The molecule has 2 aromatic rings. The molecule has 2 bridgehead atoms. The number of nitrogens with zero attached hydrogens (tertiary/aromatic N) is 3. The summed E-state index contributed by atoms with van der Waals surface area (Å²) in [6, 6.07) is 11.1. The summed E-state index contributed by atoms with van der Waals surface area (Å²) in [5, 5.41) is 12.7. The number of hydrazine groups is 1. The minimum Gasteiger partial charge on any atom is -0.497 e. The van der Waals surface area contributed by atoms with E-state index in [1.807, 2.05) is 0 Å². The highest BCUT2D eigenvalue weighted by molar-refractivity contribution is 6.10. The van der Waals surface area contributed by atoms with Crippen LogP contribution in [-0.2, 0) is 9.59 Å². The number of imide groups is 1. The molecule has 35 heavy (non-hydrogen) atoms. The smallest absolute Gasteiger partial charge is 0.273 e. The average Bonchev–Trinajstić information content (AvgIpc) is 3.56. The average molecular weight is 477 g/mol. The molecule has 2 aliphatic carbocycles. The maximum atomic E-state index is 13.5. The Balaban J connectivity index is 1.48. The highest BCUT2D eigenvalue weighted by Crippen LogP contribution is 2.56. The zero-order chi connectivity index (χ0) is 24.9. The van der Waals surface area contributed by atoms with Gasteiger partial charge in [0.2, 0.25) is 0 Å². The van der Waals surface area contributed by atoms with Crippen LogP contribution in [0.15, 0.2) is 48.5 Å². The van der Waals surface area contributed by atoms with E-state index in [2.05, 4.69) is 0 Å². The van der Waals surface area contributed by atoms with Crippen LogP contribution < -0.4 is 4.74 Å². The summed E-state index contributed by atoms with van der Waals surface area (Å²) in [4.78, 5) is 63.8. The van der Waals surface area contributed by atoms with E-state index in [9.17, 15) is 29.3 Å². The van der Waals surface area contributed by atoms with Crippen LogP contribution in [0.1, 0.15) is 40.0 Å². The number of fused-ring (bicyclic) bond motifs is 5. The van der Waals surface area contributed by atoms with Gasteiger partial charge in [-0.25, -0.2) is 5.01 Å². The first-order chi connectivity index (χ1) is 16.8. The number of methoxy groups -OCH3 is 1. The number of rotatable bonds is 7. The zero-order valence-electron chi connectivity index (χ0n) is 19.0. The highest BCUT2D eigenvalue weighted by atomic mass is 16.6. The first-order valence-corrected chi connectivity index (χ1v) is 11.4. The van der Waals surface area contributed by atoms with Crippen molar-refractivity contribution in [2.24, 2.45) is 23.7 Å². The Labute approximate surface area is 200 Å². The van der Waals surface area contributed by atoms with Crippen LogP contribution in [0.25, 0.3) is 0 Å². The van der Waals surface area contributed by atoms with E-state index >= 15 is 0 Å². The van der Waals surface area contributed by atoms with Gasteiger partial charge in [-0.3, -0.25) is 29.3 Å². The number of hydrogen-bond acceptors (Lipinski definition) is 7. The number of non-ortho nitro benzene ring substituents is 1. The molecular formula is C25H23N3O7. The van der Waals surface area contributed by atoms with Gasteiger partial charge in [0, 0.05) is 23.3 Å². The third-order valence-electron chi connectivity index (χ3n) is 7.41. The van der Waals surface area contributed by atoms with E-state index in [1.54, 1.807) is 12.1 Å². The molecule has 0 unspecified atom stereocenters. The van der Waals surface area contributed by atoms with E-state index < -0.39 is 46.8 Å². The van der Waals surface area contributed by atoms with Gasteiger partial charge >= 0.3 is 0 Å². The maximum Gasteiger partial charge on any atom is 0.273 e. The van der Waals surface area contributed by atoms with Crippen LogP contribution in [0.5, 0.6) is 5.75 Å². The highest BCUT2D eigenvalue weighted by Gasteiger charge is 2.62. The molecule has 0 aromatic heterocycles. The van der Waals surface area contributed by atoms with Crippen molar-refractivity contribution in [2.45, 2.75) is 19.3 Å². The van der Waals surface area contributed by atoms with Crippen molar-refractivity contribution in [1.29, 1.82) is 0 Å². The molecule has 4 atom stereocenters. The maximum absolute atomic E-state index is 13.5. The monoisotopic (exact) mass is 477 g/mol. The molecule has 2 aromatic carbocycles. The molecule has 10 heteroatoms. The molecule has 0 N–H and O–H groups in total. The summed E-state index contributed by atoms with van der Waals surface area (Å²) < 4.78 is 5.11. The van der Waals surface area contributed by atoms with Crippen molar-refractivity contribution >= 4 is 29.2 Å². The molecule has 5 rings (SSSR count). The number of amides is 3. The van der Waals surface area contributed by atoms with E-state index in [0.717, 1.165) is 29.3 Å². The van der Waals surface area contributed by atoms with Crippen LogP contribution in [-0.4, -0.2) is 52.1 Å². The van der Waals surface area contributed by atoms with Gasteiger partial charge in [-0.1, -0.05) is 0 Å². The predicted octanol–water partition coefficient (Wildman–Crippen LogP) is 2.87. The largest absolute Gasteiger partial charge is 0.497 e. The molecule has 1 heterocycles. The number of ether oxygens (including phenoxy) is 1. The second-order valence-electron chi connectivity index (χ2n) is 9.19. The van der Waals surface area contributed by atoms with E-state index in [4.69, 9.17) is 4.74 Å². The number of benzene rings is 2. The first-order valence-electron chi connectivity index (χ1n) is 11.4. The number of nitro groups is 1. The number of hydrogen-bond donors (Lipinski definition) is 0. The number of carbonyl (C=O) groups is 4. The third-order valence-corrected chi connectivity index (χ3v) is 7.41. The topological polar surface area (TPSA) is 127 Å². The Morgan fingerprint density at radius 3 is 2.03 bits per heavy atom. The van der Waals surface area contributed by atoms with E-state index in [1.165, 1.54) is 43.5 Å². The van der Waals surface area contributed by atoms with Gasteiger partial charge in [0.1, 0.15) is 12.3 Å². The van der Waals surface area contributed by atoms with Gasteiger partial charge in [0.25, 0.3) is 23.4 Å². The van der Waals surface area contributed by atoms with Crippen LogP contribution in [0.4, 0.5) is 5.69 Å². The Bertz CT molecular complexity index is 1200. The van der Waals surface area contributed by atoms with Crippen molar-refractivity contribution in [3.05, 3.63) is 69.8 Å². The zero-order valence-corrected chi connectivity index (χ0v) is 19.0. The quantitative estimate of drug-likeness (QED) is 0.260. The van der Waals surface area contributed by atoms with Gasteiger partial charge in [-0.15, -0.1) is 0 Å². The molecule has 3 aliphatic rings. The second kappa shape index (κ2) is 8.61. The van der Waals surface area contributed by atoms with Crippen LogP contribution >= 0.6 is 0 Å². The summed E-state index contributed by atoms with van der Waals surface area (Å²) in [5.74, 6) is -2.29. The summed E-state index contributed by atoms with van der Waals surface area (Å²) >= 11 is 0. The number of carbonyl (C=O) groups excluding carboxylic acids is 4. The summed E-state index contributed by atoms with van der Waals surface area (Å²) in [6.07, 6.45) is 2.58. The summed E-state index contributed by atoms with van der Waals surface area (Å²) in [7, 11) is 1.50. The fourth-order valence-corrected chi connectivity index (χ4v) is 5.74. The van der Waals surface area contributed by atoms with E-state index in [0.29, 0.717) is 5.75 Å². The minimum absolute atomic E-state index is 0.0266. The summed E-state index contributed by atoms with van der Waals surface area (Å²) in [5.41, 5.74) is 0.104. The molecule has 0 radical (unpaired) electrons. The van der Waals surface area contributed by atoms with Gasteiger partial charge in [-0.05, 0) is 67.5 Å². The lowest BCUT2D eigenvalue weighted by Crippen LogP contribution is -2.52. The van der Waals surface area contributed by atoms with Gasteiger partial charge < -0.3 is 4.74 Å². The van der Waals surface area contributed by atoms with Crippen molar-refractivity contribution in [3.8, 4) is 5.75 Å². The SMILES string of the molecule is COc1ccc(C(=O)CN(C(=O)c2ccc([N+](=O)[O-])cc2)N2C(=O)[C@H]3[C@H]4CC[C@@H](C4)[C@@H]3C2=O)cc1. The molecule has 180 valence electrons. The molecule has 0 spiro atoms. The van der Waals surface area contributed by atoms with Gasteiger partial charge in [0.05, 0.1) is 23.9 Å². The first kappa shape index (κ1) is 22.7. The van der Waals surface area contributed by atoms with Crippen LogP contribution in [0, 0.1) is 33.8 Å². The predicted molar refractivity (Wildman–Crippen MR) is 121 cm³/mol. The Hall–Kier alpha value is -4.08. The molecule has 1 saturated heterocycles. The third kappa shape index (κ3) is 3.74.